The molecule has 5 heteroatoms. The SMILES string of the molecule is COc1cc2c(cc1OC)CN(Cc1cnoc1C)CC2. The maximum atomic E-state index is 5.39. The molecule has 5 nitrogen and oxygen atoms in total. The Balaban J connectivity index is 1.80. The minimum absolute atomic E-state index is 0.791. The van der Waals surface area contributed by atoms with Crippen LogP contribution < -0.4 is 9.47 Å². The molecule has 2 aromatic rings. The minimum Gasteiger partial charge on any atom is -0.493 e. The van der Waals surface area contributed by atoms with Crippen molar-refractivity contribution in [1.29, 1.82) is 0 Å². The molecule has 0 radical (unpaired) electrons. The summed E-state index contributed by atoms with van der Waals surface area (Å²) in [6.45, 7) is 4.74. The molecule has 1 aromatic heterocycles. The quantitative estimate of drug-likeness (QED) is 0.865. The molecule has 1 aliphatic heterocycles. The van der Waals surface area contributed by atoms with Crippen molar-refractivity contribution < 1.29 is 14.0 Å². The van der Waals surface area contributed by atoms with E-state index in [9.17, 15) is 0 Å². The Morgan fingerprint density at radius 1 is 1.19 bits per heavy atom. The second-order valence-electron chi connectivity index (χ2n) is 5.34. The molecule has 0 spiro atoms. The van der Waals surface area contributed by atoms with Crippen molar-refractivity contribution in [3.63, 3.8) is 0 Å². The van der Waals surface area contributed by atoms with E-state index in [4.69, 9.17) is 14.0 Å². The summed E-state index contributed by atoms with van der Waals surface area (Å²) in [5, 5.41) is 3.84. The van der Waals surface area contributed by atoms with Crippen LogP contribution in [0.3, 0.4) is 0 Å². The van der Waals surface area contributed by atoms with E-state index in [1.807, 2.05) is 6.92 Å². The minimum atomic E-state index is 0.791. The third-order valence-electron chi connectivity index (χ3n) is 4.04. The lowest BCUT2D eigenvalue weighted by Gasteiger charge is -2.29. The Kier molecular flexibility index (Phi) is 3.84. The van der Waals surface area contributed by atoms with Gasteiger partial charge in [-0.1, -0.05) is 5.16 Å². The number of aromatic nitrogens is 1. The molecule has 3 rings (SSSR count). The van der Waals surface area contributed by atoms with E-state index >= 15 is 0 Å². The molecule has 0 saturated heterocycles. The van der Waals surface area contributed by atoms with Crippen LogP contribution in [0.2, 0.25) is 0 Å². The molecule has 0 bridgehead atoms. The second kappa shape index (κ2) is 5.77. The van der Waals surface area contributed by atoms with Crippen molar-refractivity contribution in [2.45, 2.75) is 26.4 Å². The second-order valence-corrected chi connectivity index (χ2v) is 5.34. The molecule has 21 heavy (non-hydrogen) atoms. The van der Waals surface area contributed by atoms with Gasteiger partial charge in [0, 0.05) is 25.2 Å². The van der Waals surface area contributed by atoms with E-state index in [0.717, 1.165) is 48.9 Å². The van der Waals surface area contributed by atoms with Gasteiger partial charge in [0.1, 0.15) is 5.76 Å². The predicted octanol–water partition coefficient (Wildman–Crippen LogP) is 2.56. The molecule has 0 saturated carbocycles. The van der Waals surface area contributed by atoms with Gasteiger partial charge in [-0.3, -0.25) is 4.90 Å². The van der Waals surface area contributed by atoms with Crippen molar-refractivity contribution in [2.75, 3.05) is 20.8 Å². The lowest BCUT2D eigenvalue weighted by atomic mass is 9.98. The van der Waals surface area contributed by atoms with Crippen molar-refractivity contribution in [2.24, 2.45) is 0 Å². The lowest BCUT2D eigenvalue weighted by molar-refractivity contribution is 0.242. The summed E-state index contributed by atoms with van der Waals surface area (Å²) in [6, 6.07) is 4.18. The van der Waals surface area contributed by atoms with Crippen molar-refractivity contribution in [3.05, 3.63) is 40.8 Å². The highest BCUT2D eigenvalue weighted by Gasteiger charge is 2.20. The molecule has 0 atom stereocenters. The third-order valence-corrected chi connectivity index (χ3v) is 4.04. The Morgan fingerprint density at radius 3 is 2.52 bits per heavy atom. The van der Waals surface area contributed by atoms with E-state index in [0.29, 0.717) is 0 Å². The summed E-state index contributed by atoms with van der Waals surface area (Å²) in [7, 11) is 3.35. The van der Waals surface area contributed by atoms with Crippen LogP contribution in [0.25, 0.3) is 0 Å². The van der Waals surface area contributed by atoms with Gasteiger partial charge in [-0.25, -0.2) is 0 Å². The fraction of sp³-hybridized carbons (Fsp3) is 0.438. The number of benzene rings is 1. The zero-order valence-corrected chi connectivity index (χ0v) is 12.7. The number of ether oxygens (including phenoxy) is 2. The first-order valence-electron chi connectivity index (χ1n) is 7.07. The Morgan fingerprint density at radius 2 is 1.90 bits per heavy atom. The maximum Gasteiger partial charge on any atom is 0.161 e. The van der Waals surface area contributed by atoms with Gasteiger partial charge in [0.05, 0.1) is 20.4 Å². The summed E-state index contributed by atoms with van der Waals surface area (Å²) in [5.41, 5.74) is 3.79. The number of methoxy groups -OCH3 is 2. The van der Waals surface area contributed by atoms with Gasteiger partial charge in [-0.2, -0.15) is 0 Å². The van der Waals surface area contributed by atoms with Gasteiger partial charge >= 0.3 is 0 Å². The number of nitrogens with zero attached hydrogens (tertiary/aromatic N) is 2. The van der Waals surface area contributed by atoms with Gasteiger partial charge in [0.2, 0.25) is 0 Å². The van der Waals surface area contributed by atoms with Crippen LogP contribution in [0.1, 0.15) is 22.5 Å². The maximum absolute atomic E-state index is 5.39. The topological polar surface area (TPSA) is 47.7 Å². The molecule has 0 unspecified atom stereocenters. The Labute approximate surface area is 124 Å². The molecule has 0 aliphatic carbocycles. The van der Waals surface area contributed by atoms with Gasteiger partial charge in [-0.05, 0) is 36.6 Å². The van der Waals surface area contributed by atoms with E-state index in [-0.39, 0.29) is 0 Å². The first-order chi connectivity index (χ1) is 10.2. The highest BCUT2D eigenvalue weighted by molar-refractivity contribution is 5.48. The summed E-state index contributed by atoms with van der Waals surface area (Å²) in [5.74, 6) is 2.49. The largest absolute Gasteiger partial charge is 0.493 e. The van der Waals surface area contributed by atoms with Crippen LogP contribution in [0, 0.1) is 6.92 Å². The molecule has 0 N–H and O–H groups in total. The summed E-state index contributed by atoms with van der Waals surface area (Å²) in [4.78, 5) is 2.40. The number of rotatable bonds is 4. The summed E-state index contributed by atoms with van der Waals surface area (Å²) >= 11 is 0. The highest BCUT2D eigenvalue weighted by Crippen LogP contribution is 2.33. The molecule has 1 aliphatic rings. The molecule has 1 aromatic carbocycles. The number of fused-ring (bicyclic) bond motifs is 1. The van der Waals surface area contributed by atoms with Gasteiger partial charge in [0.15, 0.2) is 11.5 Å². The summed E-state index contributed by atoms with van der Waals surface area (Å²) < 4.78 is 15.9. The van der Waals surface area contributed by atoms with E-state index in [1.54, 1.807) is 20.4 Å². The monoisotopic (exact) mass is 288 g/mol. The number of hydrogen-bond acceptors (Lipinski definition) is 5. The van der Waals surface area contributed by atoms with Crippen molar-refractivity contribution >= 4 is 0 Å². The predicted molar refractivity (Wildman–Crippen MR) is 78.6 cm³/mol. The molecule has 112 valence electrons. The van der Waals surface area contributed by atoms with E-state index < -0.39 is 0 Å². The first kappa shape index (κ1) is 13.9. The van der Waals surface area contributed by atoms with Gasteiger partial charge in [0.25, 0.3) is 0 Å². The van der Waals surface area contributed by atoms with Crippen LogP contribution in [-0.2, 0) is 19.5 Å². The normalized spacial score (nSPS) is 14.8. The average Bonchev–Trinajstić information content (AvgIpc) is 2.91. The fourth-order valence-electron chi connectivity index (χ4n) is 2.79. The third kappa shape index (κ3) is 2.74. The van der Waals surface area contributed by atoms with Crippen LogP contribution in [0.15, 0.2) is 22.9 Å². The molecular weight excluding hydrogens is 268 g/mol. The van der Waals surface area contributed by atoms with Crippen LogP contribution in [0.4, 0.5) is 0 Å². The number of hydrogen-bond donors (Lipinski definition) is 0. The fourth-order valence-corrected chi connectivity index (χ4v) is 2.79. The molecule has 0 fully saturated rings. The Hall–Kier alpha value is -2.01. The van der Waals surface area contributed by atoms with Crippen LogP contribution >= 0.6 is 0 Å². The van der Waals surface area contributed by atoms with Crippen molar-refractivity contribution in [1.82, 2.24) is 10.1 Å². The van der Waals surface area contributed by atoms with Crippen LogP contribution in [-0.4, -0.2) is 30.8 Å². The van der Waals surface area contributed by atoms with Crippen molar-refractivity contribution in [3.8, 4) is 11.5 Å². The summed E-state index contributed by atoms with van der Waals surface area (Å²) in [6.07, 6.45) is 2.82. The van der Waals surface area contributed by atoms with Crippen LogP contribution in [0.5, 0.6) is 11.5 Å². The highest BCUT2D eigenvalue weighted by atomic mass is 16.5. The van der Waals surface area contributed by atoms with E-state index in [2.05, 4.69) is 22.2 Å². The standard InChI is InChI=1S/C16H20N2O3/c1-11-14(8-17-21-11)10-18-5-4-12-6-15(19-2)16(20-3)7-13(12)9-18/h6-8H,4-5,9-10H2,1-3H3. The molecule has 0 amide bonds. The smallest absolute Gasteiger partial charge is 0.161 e. The zero-order valence-electron chi connectivity index (χ0n) is 12.7. The first-order valence-corrected chi connectivity index (χ1v) is 7.07. The van der Waals surface area contributed by atoms with Gasteiger partial charge in [-0.15, -0.1) is 0 Å². The Bertz CT molecular complexity index is 636. The molecular formula is C16H20N2O3. The van der Waals surface area contributed by atoms with E-state index in [1.165, 1.54) is 11.1 Å². The zero-order chi connectivity index (χ0) is 14.8. The number of aryl methyl sites for hydroxylation is 1. The average molecular weight is 288 g/mol. The lowest BCUT2D eigenvalue weighted by Crippen LogP contribution is -2.30. The van der Waals surface area contributed by atoms with Gasteiger partial charge < -0.3 is 14.0 Å². The molecule has 2 heterocycles.